The van der Waals surface area contributed by atoms with Crippen LogP contribution in [-0.2, 0) is 4.79 Å². The smallest absolute Gasteiger partial charge is 0.253 e. The molecule has 0 bridgehead atoms. The lowest BCUT2D eigenvalue weighted by atomic mass is 10.1. The van der Waals surface area contributed by atoms with Gasteiger partial charge in [0.05, 0.1) is 5.69 Å². The van der Waals surface area contributed by atoms with Gasteiger partial charge in [-0.1, -0.05) is 19.1 Å². The first-order valence-electron chi connectivity index (χ1n) is 10.0. The summed E-state index contributed by atoms with van der Waals surface area (Å²) < 4.78 is 1.87. The van der Waals surface area contributed by atoms with Gasteiger partial charge < -0.3 is 10.2 Å². The third-order valence-corrected chi connectivity index (χ3v) is 5.62. The molecule has 1 aromatic carbocycles. The van der Waals surface area contributed by atoms with Crippen LogP contribution in [0.3, 0.4) is 0 Å². The molecule has 0 spiro atoms. The number of aromatic nitrogens is 3. The summed E-state index contributed by atoms with van der Waals surface area (Å²) in [5.74, 6) is 0.719. The van der Waals surface area contributed by atoms with E-state index >= 15 is 0 Å². The van der Waals surface area contributed by atoms with Gasteiger partial charge in [0.25, 0.3) is 5.91 Å². The Morgan fingerprint density at radius 1 is 1.24 bits per heavy atom. The van der Waals surface area contributed by atoms with Crippen LogP contribution in [0.15, 0.2) is 48.9 Å². The van der Waals surface area contributed by atoms with Gasteiger partial charge in [-0.15, -0.1) is 0 Å². The second-order valence-electron chi connectivity index (χ2n) is 7.53. The van der Waals surface area contributed by atoms with Crippen molar-refractivity contribution in [1.29, 1.82) is 0 Å². The average molecular weight is 391 g/mol. The molecule has 0 radical (unpaired) electrons. The maximum Gasteiger partial charge on any atom is 0.253 e. The van der Waals surface area contributed by atoms with Crippen LogP contribution in [0.4, 0.5) is 0 Å². The van der Waals surface area contributed by atoms with Crippen LogP contribution in [0, 0.1) is 0 Å². The fraction of sp³-hybridized carbons (Fsp3) is 0.364. The molecule has 7 heteroatoms. The minimum Gasteiger partial charge on any atom is -0.353 e. The molecule has 1 N–H and O–H groups in total. The zero-order chi connectivity index (χ0) is 20.4. The summed E-state index contributed by atoms with van der Waals surface area (Å²) >= 11 is 0. The predicted octanol–water partition coefficient (Wildman–Crippen LogP) is 2.92. The number of rotatable bonds is 5. The number of carbonyl (C=O) groups excluding carboxylic acids is 2. The number of fused-ring (bicyclic) bond motifs is 1. The Kier molecular flexibility index (Phi) is 5.29. The number of imidazole rings is 1. The Bertz CT molecular complexity index is 994. The quantitative estimate of drug-likeness (QED) is 0.725. The molecule has 0 unspecified atom stereocenters. The van der Waals surface area contributed by atoms with Crippen molar-refractivity contribution >= 4 is 17.6 Å². The van der Waals surface area contributed by atoms with Crippen molar-refractivity contribution in [3.05, 3.63) is 54.5 Å². The average Bonchev–Trinajstić information content (AvgIpc) is 3.39. The molecule has 0 aliphatic heterocycles. The standard InChI is InChI=1S/C22H25N5O2/c1-3-20(28)24-17-9-10-18(13-17)26(2)21(29)16-7-5-15(6-8-16)19-14-27-12-4-11-23-22(27)25-19/h4-8,11-12,14,17-18H,3,9-10,13H2,1-2H3,(H,24,28)/t17-,18+/m0/s1. The van der Waals surface area contributed by atoms with Crippen molar-refractivity contribution in [1.82, 2.24) is 24.6 Å². The van der Waals surface area contributed by atoms with Crippen molar-refractivity contribution in [3.8, 4) is 11.3 Å². The van der Waals surface area contributed by atoms with Gasteiger partial charge in [-0.2, -0.15) is 0 Å². The lowest BCUT2D eigenvalue weighted by Crippen LogP contribution is -2.38. The van der Waals surface area contributed by atoms with E-state index in [2.05, 4.69) is 15.3 Å². The Morgan fingerprint density at radius 3 is 2.76 bits per heavy atom. The third kappa shape index (κ3) is 3.99. The molecule has 1 fully saturated rings. The van der Waals surface area contributed by atoms with Crippen molar-refractivity contribution in [3.63, 3.8) is 0 Å². The summed E-state index contributed by atoms with van der Waals surface area (Å²) in [5.41, 5.74) is 2.42. The lowest BCUT2D eigenvalue weighted by molar-refractivity contribution is -0.121. The van der Waals surface area contributed by atoms with E-state index in [-0.39, 0.29) is 23.9 Å². The molecule has 7 nitrogen and oxygen atoms in total. The molecular formula is C22H25N5O2. The largest absolute Gasteiger partial charge is 0.353 e. The van der Waals surface area contributed by atoms with Crippen molar-refractivity contribution in [2.45, 2.75) is 44.7 Å². The highest BCUT2D eigenvalue weighted by atomic mass is 16.2. The van der Waals surface area contributed by atoms with Gasteiger partial charge in [0.1, 0.15) is 0 Å². The van der Waals surface area contributed by atoms with Crippen LogP contribution in [-0.4, -0.2) is 50.2 Å². The van der Waals surface area contributed by atoms with Crippen molar-refractivity contribution < 1.29 is 9.59 Å². The normalized spacial score (nSPS) is 18.7. The van der Waals surface area contributed by atoms with Gasteiger partial charge in [-0.05, 0) is 37.5 Å². The molecule has 4 rings (SSSR count). The van der Waals surface area contributed by atoms with Crippen LogP contribution in [0.5, 0.6) is 0 Å². The molecule has 0 saturated heterocycles. The second kappa shape index (κ2) is 8.03. The molecule has 150 valence electrons. The summed E-state index contributed by atoms with van der Waals surface area (Å²) in [7, 11) is 1.85. The Hall–Kier alpha value is -3.22. The minimum atomic E-state index is 0.000635. The molecule has 1 aliphatic rings. The van der Waals surface area contributed by atoms with Crippen LogP contribution in [0.1, 0.15) is 43.0 Å². The van der Waals surface area contributed by atoms with Crippen LogP contribution >= 0.6 is 0 Å². The van der Waals surface area contributed by atoms with Gasteiger partial charge in [0.15, 0.2) is 0 Å². The van der Waals surface area contributed by atoms with E-state index in [1.165, 1.54) is 0 Å². The van der Waals surface area contributed by atoms with Gasteiger partial charge in [0, 0.05) is 55.3 Å². The van der Waals surface area contributed by atoms with Gasteiger partial charge in [-0.25, -0.2) is 9.97 Å². The number of hydrogen-bond acceptors (Lipinski definition) is 4. The summed E-state index contributed by atoms with van der Waals surface area (Å²) in [6.45, 7) is 1.85. The maximum absolute atomic E-state index is 12.9. The Balaban J connectivity index is 1.43. The highest BCUT2D eigenvalue weighted by Gasteiger charge is 2.30. The number of carbonyl (C=O) groups is 2. The fourth-order valence-corrected chi connectivity index (χ4v) is 3.89. The summed E-state index contributed by atoms with van der Waals surface area (Å²) in [6, 6.07) is 9.69. The molecule has 2 aromatic heterocycles. The number of benzene rings is 1. The first-order chi connectivity index (χ1) is 14.0. The molecule has 1 saturated carbocycles. The number of nitrogens with one attached hydrogen (secondary N) is 1. The molecule has 2 atom stereocenters. The maximum atomic E-state index is 12.9. The van der Waals surface area contributed by atoms with Crippen LogP contribution in [0.2, 0.25) is 0 Å². The van der Waals surface area contributed by atoms with Crippen molar-refractivity contribution in [2.75, 3.05) is 7.05 Å². The molecule has 2 amide bonds. The monoisotopic (exact) mass is 391 g/mol. The zero-order valence-electron chi connectivity index (χ0n) is 16.7. The Labute approximate surface area is 169 Å². The minimum absolute atomic E-state index is 0.000635. The molecule has 29 heavy (non-hydrogen) atoms. The highest BCUT2D eigenvalue weighted by Crippen LogP contribution is 2.25. The number of nitrogens with zero attached hydrogens (tertiary/aromatic N) is 4. The first kappa shape index (κ1) is 19.1. The van der Waals surface area contributed by atoms with Crippen LogP contribution < -0.4 is 5.32 Å². The van der Waals surface area contributed by atoms with E-state index in [0.29, 0.717) is 17.8 Å². The van der Waals surface area contributed by atoms with Gasteiger partial charge in [-0.3, -0.25) is 14.0 Å². The Morgan fingerprint density at radius 2 is 2.03 bits per heavy atom. The molecule has 3 aromatic rings. The number of hydrogen-bond donors (Lipinski definition) is 1. The lowest BCUT2D eigenvalue weighted by Gasteiger charge is -2.25. The topological polar surface area (TPSA) is 79.6 Å². The van der Waals surface area contributed by atoms with E-state index < -0.39 is 0 Å². The first-order valence-corrected chi connectivity index (χ1v) is 10.0. The molecule has 1 aliphatic carbocycles. The summed E-state index contributed by atoms with van der Waals surface area (Å²) in [6.07, 6.45) is 8.66. The van der Waals surface area contributed by atoms with E-state index in [9.17, 15) is 9.59 Å². The van der Waals surface area contributed by atoms with Crippen molar-refractivity contribution in [2.24, 2.45) is 0 Å². The fourth-order valence-electron chi connectivity index (χ4n) is 3.89. The third-order valence-electron chi connectivity index (χ3n) is 5.62. The van der Waals surface area contributed by atoms with Crippen LogP contribution in [0.25, 0.3) is 17.0 Å². The number of amides is 2. The summed E-state index contributed by atoms with van der Waals surface area (Å²) in [5, 5.41) is 3.04. The zero-order valence-corrected chi connectivity index (χ0v) is 16.7. The summed E-state index contributed by atoms with van der Waals surface area (Å²) in [4.78, 5) is 35.1. The SMILES string of the molecule is CCC(=O)N[C@H]1CC[C@@H](N(C)C(=O)c2ccc(-c3cn4cccnc4n3)cc2)C1. The van der Waals surface area contributed by atoms with Gasteiger partial charge >= 0.3 is 0 Å². The molecular weight excluding hydrogens is 366 g/mol. The second-order valence-corrected chi connectivity index (χ2v) is 7.53. The van der Waals surface area contributed by atoms with E-state index in [1.807, 2.05) is 66.0 Å². The van der Waals surface area contributed by atoms with Gasteiger partial charge in [0.2, 0.25) is 11.7 Å². The highest BCUT2D eigenvalue weighted by molar-refractivity contribution is 5.94. The molecule has 2 heterocycles. The predicted molar refractivity (Wildman–Crippen MR) is 110 cm³/mol. The van der Waals surface area contributed by atoms with E-state index in [4.69, 9.17) is 0 Å². The van der Waals surface area contributed by atoms with E-state index in [1.54, 1.807) is 6.20 Å². The van der Waals surface area contributed by atoms with E-state index in [0.717, 1.165) is 30.5 Å².